The molecule has 0 fully saturated rings. The molecule has 0 saturated carbocycles. The second-order valence-electron chi connectivity index (χ2n) is 6.15. The first-order chi connectivity index (χ1) is 12.5. The van der Waals surface area contributed by atoms with Crippen molar-refractivity contribution in [2.75, 3.05) is 24.3 Å². The van der Waals surface area contributed by atoms with E-state index in [0.29, 0.717) is 5.56 Å². The summed E-state index contributed by atoms with van der Waals surface area (Å²) in [4.78, 5) is 18.6. The van der Waals surface area contributed by atoms with Crippen LogP contribution in [0.5, 0.6) is 0 Å². The van der Waals surface area contributed by atoms with Gasteiger partial charge in [-0.25, -0.2) is 9.78 Å². The lowest BCUT2D eigenvalue weighted by Crippen LogP contribution is -2.09. The third kappa shape index (κ3) is 4.61. The molecule has 1 heterocycles. The number of benzene rings is 2. The van der Waals surface area contributed by atoms with E-state index in [4.69, 9.17) is 4.74 Å². The van der Waals surface area contributed by atoms with Gasteiger partial charge in [0.1, 0.15) is 6.61 Å². The number of carbonyl (C=O) groups excluding carboxylic acids is 1. The maximum atomic E-state index is 12.2. The highest BCUT2D eigenvalue weighted by Crippen LogP contribution is 2.22. The van der Waals surface area contributed by atoms with Crippen LogP contribution >= 0.6 is 11.3 Å². The van der Waals surface area contributed by atoms with E-state index in [1.165, 1.54) is 16.9 Å². The SMILES string of the molecule is Cc1ccc(Nc2nc(COC(=O)c3ccc(N(C)C)cc3)cs2)cc1. The fourth-order valence-electron chi connectivity index (χ4n) is 2.31. The van der Waals surface area contributed by atoms with Crippen molar-refractivity contribution >= 4 is 33.8 Å². The molecule has 3 rings (SSSR count). The van der Waals surface area contributed by atoms with E-state index in [0.717, 1.165) is 22.2 Å². The molecule has 0 radical (unpaired) electrons. The average molecular weight is 367 g/mol. The van der Waals surface area contributed by atoms with Gasteiger partial charge in [0.05, 0.1) is 11.3 Å². The Hall–Kier alpha value is -2.86. The molecule has 0 saturated heterocycles. The minimum Gasteiger partial charge on any atom is -0.456 e. The number of hydrogen-bond acceptors (Lipinski definition) is 6. The van der Waals surface area contributed by atoms with E-state index in [2.05, 4.69) is 10.3 Å². The van der Waals surface area contributed by atoms with Gasteiger partial charge in [-0.05, 0) is 43.3 Å². The van der Waals surface area contributed by atoms with Crippen LogP contribution in [0.4, 0.5) is 16.5 Å². The van der Waals surface area contributed by atoms with Crippen molar-refractivity contribution in [3.63, 3.8) is 0 Å². The molecular formula is C20H21N3O2S. The van der Waals surface area contributed by atoms with Crippen LogP contribution in [0.1, 0.15) is 21.6 Å². The van der Waals surface area contributed by atoms with Gasteiger partial charge in [-0.2, -0.15) is 0 Å². The van der Waals surface area contributed by atoms with Crippen LogP contribution in [0.25, 0.3) is 0 Å². The highest BCUT2D eigenvalue weighted by molar-refractivity contribution is 7.13. The van der Waals surface area contributed by atoms with Crippen LogP contribution in [0, 0.1) is 6.92 Å². The largest absolute Gasteiger partial charge is 0.456 e. The van der Waals surface area contributed by atoms with Crippen molar-refractivity contribution in [2.24, 2.45) is 0 Å². The number of esters is 1. The number of thiazole rings is 1. The molecule has 3 aromatic rings. The highest BCUT2D eigenvalue weighted by Gasteiger charge is 2.10. The molecule has 0 bridgehead atoms. The lowest BCUT2D eigenvalue weighted by Gasteiger charge is -2.12. The maximum absolute atomic E-state index is 12.2. The Morgan fingerprint density at radius 1 is 1.12 bits per heavy atom. The Labute approximate surface area is 157 Å². The number of ether oxygens (including phenoxy) is 1. The maximum Gasteiger partial charge on any atom is 0.338 e. The molecule has 0 aliphatic carbocycles. The number of hydrogen-bond donors (Lipinski definition) is 1. The summed E-state index contributed by atoms with van der Waals surface area (Å²) in [6.45, 7) is 2.20. The zero-order chi connectivity index (χ0) is 18.5. The number of anilines is 3. The number of aromatic nitrogens is 1. The average Bonchev–Trinajstić information content (AvgIpc) is 3.09. The standard InChI is InChI=1S/C20H21N3O2S/c1-14-4-8-16(9-5-14)21-20-22-17(13-26-20)12-25-19(24)15-6-10-18(11-7-15)23(2)3/h4-11,13H,12H2,1-3H3,(H,21,22). The number of nitrogens with one attached hydrogen (secondary N) is 1. The molecule has 26 heavy (non-hydrogen) atoms. The van der Waals surface area contributed by atoms with Crippen molar-refractivity contribution in [1.82, 2.24) is 4.98 Å². The fourth-order valence-corrected chi connectivity index (χ4v) is 3.02. The van der Waals surface area contributed by atoms with Gasteiger partial charge in [-0.1, -0.05) is 17.7 Å². The monoisotopic (exact) mass is 367 g/mol. The van der Waals surface area contributed by atoms with Crippen molar-refractivity contribution in [3.8, 4) is 0 Å². The lowest BCUT2D eigenvalue weighted by molar-refractivity contribution is 0.0468. The third-order valence-electron chi connectivity index (χ3n) is 3.83. The number of carbonyl (C=O) groups is 1. The summed E-state index contributed by atoms with van der Waals surface area (Å²) in [7, 11) is 3.91. The van der Waals surface area contributed by atoms with Gasteiger partial charge in [-0.15, -0.1) is 11.3 Å². The second-order valence-corrected chi connectivity index (χ2v) is 7.01. The molecule has 0 amide bonds. The molecule has 1 N–H and O–H groups in total. The Kier molecular flexibility index (Phi) is 5.53. The predicted octanol–water partition coefficient (Wildman–Crippen LogP) is 4.62. The topological polar surface area (TPSA) is 54.5 Å². The number of nitrogens with zero attached hydrogens (tertiary/aromatic N) is 2. The number of rotatable bonds is 6. The molecule has 6 heteroatoms. The Balaban J connectivity index is 1.55. The van der Waals surface area contributed by atoms with Crippen LogP contribution in [0.15, 0.2) is 53.9 Å². The van der Waals surface area contributed by atoms with E-state index in [1.54, 1.807) is 12.1 Å². The highest BCUT2D eigenvalue weighted by atomic mass is 32.1. The van der Waals surface area contributed by atoms with Crippen molar-refractivity contribution in [2.45, 2.75) is 13.5 Å². The van der Waals surface area contributed by atoms with Crippen LogP contribution in [-0.4, -0.2) is 25.0 Å². The molecule has 0 spiro atoms. The molecule has 0 atom stereocenters. The van der Waals surface area contributed by atoms with E-state index in [9.17, 15) is 4.79 Å². The minimum absolute atomic E-state index is 0.153. The zero-order valence-electron chi connectivity index (χ0n) is 15.0. The number of aryl methyl sites for hydroxylation is 1. The minimum atomic E-state index is -0.351. The van der Waals surface area contributed by atoms with Crippen LogP contribution in [-0.2, 0) is 11.3 Å². The van der Waals surface area contributed by atoms with E-state index in [1.807, 2.05) is 67.7 Å². The van der Waals surface area contributed by atoms with Crippen LogP contribution in [0.3, 0.4) is 0 Å². The van der Waals surface area contributed by atoms with Crippen molar-refractivity contribution in [3.05, 3.63) is 70.7 Å². The first-order valence-electron chi connectivity index (χ1n) is 8.24. The van der Waals surface area contributed by atoms with Crippen molar-refractivity contribution < 1.29 is 9.53 Å². The van der Waals surface area contributed by atoms with Gasteiger partial charge >= 0.3 is 5.97 Å². The predicted molar refractivity (Wildman–Crippen MR) is 106 cm³/mol. The Morgan fingerprint density at radius 3 is 2.46 bits per heavy atom. The molecule has 2 aromatic carbocycles. The Bertz CT molecular complexity index is 871. The summed E-state index contributed by atoms with van der Waals surface area (Å²) in [6, 6.07) is 15.4. The molecule has 1 aromatic heterocycles. The summed E-state index contributed by atoms with van der Waals surface area (Å²) >= 11 is 1.48. The fraction of sp³-hybridized carbons (Fsp3) is 0.200. The summed E-state index contributed by atoms with van der Waals surface area (Å²) in [6.07, 6.45) is 0. The zero-order valence-corrected chi connectivity index (χ0v) is 15.8. The first kappa shape index (κ1) is 17.9. The van der Waals surface area contributed by atoms with E-state index >= 15 is 0 Å². The quantitative estimate of drug-likeness (QED) is 0.644. The summed E-state index contributed by atoms with van der Waals surface area (Å²) in [5.74, 6) is -0.351. The third-order valence-corrected chi connectivity index (χ3v) is 4.63. The van der Waals surface area contributed by atoms with Crippen LogP contribution in [0.2, 0.25) is 0 Å². The van der Waals surface area contributed by atoms with Gasteiger partial charge in [0, 0.05) is 30.9 Å². The first-order valence-corrected chi connectivity index (χ1v) is 9.12. The normalized spacial score (nSPS) is 10.4. The summed E-state index contributed by atoms with van der Waals surface area (Å²) < 4.78 is 5.36. The van der Waals surface area contributed by atoms with Gasteiger partial charge in [0.25, 0.3) is 0 Å². The van der Waals surface area contributed by atoms with Gasteiger partial charge in [-0.3, -0.25) is 0 Å². The van der Waals surface area contributed by atoms with E-state index < -0.39 is 0 Å². The lowest BCUT2D eigenvalue weighted by atomic mass is 10.2. The summed E-state index contributed by atoms with van der Waals surface area (Å²) in [5.41, 5.74) is 4.48. The molecule has 0 unspecified atom stereocenters. The van der Waals surface area contributed by atoms with Crippen LogP contribution < -0.4 is 10.2 Å². The van der Waals surface area contributed by atoms with E-state index in [-0.39, 0.29) is 12.6 Å². The van der Waals surface area contributed by atoms with Gasteiger partial charge in [0.15, 0.2) is 5.13 Å². The smallest absolute Gasteiger partial charge is 0.338 e. The summed E-state index contributed by atoms with van der Waals surface area (Å²) in [5, 5.41) is 5.91. The Morgan fingerprint density at radius 2 is 1.81 bits per heavy atom. The molecule has 5 nitrogen and oxygen atoms in total. The molecule has 0 aliphatic heterocycles. The van der Waals surface area contributed by atoms with Gasteiger partial charge < -0.3 is 15.0 Å². The molecule has 0 aliphatic rings. The van der Waals surface area contributed by atoms with Crippen molar-refractivity contribution in [1.29, 1.82) is 0 Å². The second kappa shape index (κ2) is 8.01. The molecular weight excluding hydrogens is 346 g/mol. The molecule has 134 valence electrons. The van der Waals surface area contributed by atoms with Gasteiger partial charge in [0.2, 0.25) is 0 Å².